The molecule has 7 nitrogen and oxygen atoms in total. The third kappa shape index (κ3) is 3.55. The fourth-order valence-corrected chi connectivity index (χ4v) is 5.38. The van der Waals surface area contributed by atoms with Gasteiger partial charge in [-0.3, -0.25) is 4.31 Å². The van der Waals surface area contributed by atoms with Crippen molar-refractivity contribution < 1.29 is 22.4 Å². The minimum Gasteiger partial charge on any atom is -0.462 e. The van der Waals surface area contributed by atoms with Gasteiger partial charge in [-0.25, -0.2) is 18.2 Å². The maximum atomic E-state index is 12.4. The number of carbonyl (C=O) groups excluding carboxylic acids is 1. The first-order valence-corrected chi connectivity index (χ1v) is 11.3. The molecule has 0 fully saturated rings. The SMILES string of the molecule is CC1Cc2cc(C(=O)OCc3csc(-c4ccco4)n3)ccc2N1S(C)(=O)=O. The van der Waals surface area contributed by atoms with Gasteiger partial charge in [0.05, 0.1) is 29.5 Å². The van der Waals surface area contributed by atoms with Gasteiger partial charge in [0.1, 0.15) is 6.61 Å². The smallest absolute Gasteiger partial charge is 0.338 e. The van der Waals surface area contributed by atoms with Gasteiger partial charge in [0.15, 0.2) is 10.8 Å². The zero-order valence-corrected chi connectivity index (χ0v) is 16.9. The Labute approximate surface area is 166 Å². The van der Waals surface area contributed by atoms with E-state index in [2.05, 4.69) is 4.98 Å². The van der Waals surface area contributed by atoms with E-state index in [0.717, 1.165) is 10.6 Å². The fourth-order valence-electron chi connectivity index (χ4n) is 3.34. The van der Waals surface area contributed by atoms with Crippen molar-refractivity contribution in [3.8, 4) is 10.8 Å². The van der Waals surface area contributed by atoms with E-state index in [1.807, 2.05) is 18.4 Å². The molecule has 0 spiro atoms. The molecule has 0 bridgehead atoms. The summed E-state index contributed by atoms with van der Waals surface area (Å²) in [6, 6.07) is 8.39. The van der Waals surface area contributed by atoms with Gasteiger partial charge in [-0.05, 0) is 49.2 Å². The van der Waals surface area contributed by atoms with Gasteiger partial charge in [-0.1, -0.05) is 0 Å². The Morgan fingerprint density at radius 3 is 2.93 bits per heavy atom. The zero-order chi connectivity index (χ0) is 19.9. The van der Waals surface area contributed by atoms with E-state index in [4.69, 9.17) is 9.15 Å². The van der Waals surface area contributed by atoms with E-state index in [1.165, 1.54) is 21.9 Å². The lowest BCUT2D eigenvalue weighted by atomic mass is 10.1. The highest BCUT2D eigenvalue weighted by molar-refractivity contribution is 7.92. The average molecular weight is 418 g/mol. The number of aromatic nitrogens is 1. The van der Waals surface area contributed by atoms with Crippen LogP contribution in [0.5, 0.6) is 0 Å². The van der Waals surface area contributed by atoms with Crippen molar-refractivity contribution in [1.82, 2.24) is 4.98 Å². The number of furan rings is 1. The quantitative estimate of drug-likeness (QED) is 0.590. The van der Waals surface area contributed by atoms with Crippen molar-refractivity contribution in [2.45, 2.75) is 26.0 Å². The number of ether oxygens (including phenoxy) is 1. The number of hydrogen-bond donors (Lipinski definition) is 0. The summed E-state index contributed by atoms with van der Waals surface area (Å²) in [5, 5.41) is 2.54. The molecule has 3 heterocycles. The van der Waals surface area contributed by atoms with Gasteiger partial charge in [0.25, 0.3) is 0 Å². The molecular weight excluding hydrogens is 400 g/mol. The fraction of sp³-hybridized carbons (Fsp3) is 0.263. The molecule has 1 unspecified atom stereocenters. The molecule has 0 radical (unpaired) electrons. The number of benzene rings is 1. The Hall–Kier alpha value is -2.65. The molecular formula is C19H18N2O5S2. The van der Waals surface area contributed by atoms with Crippen LogP contribution in [0.3, 0.4) is 0 Å². The number of thiazole rings is 1. The Bertz CT molecular complexity index is 1120. The second-order valence-electron chi connectivity index (χ2n) is 6.65. The minimum atomic E-state index is -3.36. The maximum Gasteiger partial charge on any atom is 0.338 e. The molecule has 0 N–H and O–H groups in total. The Kier molecular flexibility index (Phi) is 4.72. The maximum absolute atomic E-state index is 12.4. The molecule has 0 saturated heterocycles. The minimum absolute atomic E-state index is 0.0546. The van der Waals surface area contributed by atoms with Gasteiger partial charge in [0.2, 0.25) is 10.0 Å². The lowest BCUT2D eigenvalue weighted by molar-refractivity contribution is 0.0468. The van der Waals surface area contributed by atoms with E-state index >= 15 is 0 Å². The summed E-state index contributed by atoms with van der Waals surface area (Å²) < 4.78 is 36.1. The third-order valence-corrected chi connectivity index (χ3v) is 6.64. The molecule has 0 aliphatic carbocycles. The van der Waals surface area contributed by atoms with Crippen molar-refractivity contribution >= 4 is 33.0 Å². The van der Waals surface area contributed by atoms with Gasteiger partial charge in [-0.2, -0.15) is 0 Å². The molecule has 146 valence electrons. The number of carbonyl (C=O) groups is 1. The predicted molar refractivity (Wildman–Crippen MR) is 106 cm³/mol. The number of sulfonamides is 1. The predicted octanol–water partition coefficient (Wildman–Crippen LogP) is 3.47. The van der Waals surface area contributed by atoms with Gasteiger partial charge < -0.3 is 9.15 Å². The van der Waals surface area contributed by atoms with Crippen molar-refractivity contribution in [2.24, 2.45) is 0 Å². The summed E-state index contributed by atoms with van der Waals surface area (Å²) >= 11 is 1.42. The van der Waals surface area contributed by atoms with Crippen LogP contribution in [-0.4, -0.2) is 31.7 Å². The Morgan fingerprint density at radius 2 is 2.21 bits per heavy atom. The molecule has 1 aliphatic heterocycles. The molecule has 3 aromatic rings. The summed E-state index contributed by atoms with van der Waals surface area (Å²) in [5.41, 5.74) is 2.47. The molecule has 4 rings (SSSR count). The average Bonchev–Trinajstić information content (AvgIpc) is 3.36. The number of esters is 1. The van der Waals surface area contributed by atoms with Gasteiger partial charge >= 0.3 is 5.97 Å². The van der Waals surface area contributed by atoms with Crippen molar-refractivity contribution in [2.75, 3.05) is 10.6 Å². The van der Waals surface area contributed by atoms with Crippen LogP contribution in [0.4, 0.5) is 5.69 Å². The number of fused-ring (bicyclic) bond motifs is 1. The Balaban J connectivity index is 1.46. The van der Waals surface area contributed by atoms with E-state index in [-0.39, 0.29) is 12.6 Å². The van der Waals surface area contributed by atoms with Crippen LogP contribution in [0.15, 0.2) is 46.4 Å². The highest BCUT2D eigenvalue weighted by Gasteiger charge is 2.32. The van der Waals surface area contributed by atoms with Crippen molar-refractivity contribution in [3.05, 3.63) is 58.8 Å². The van der Waals surface area contributed by atoms with Gasteiger partial charge in [-0.15, -0.1) is 11.3 Å². The first kappa shape index (κ1) is 18.7. The van der Waals surface area contributed by atoms with Crippen molar-refractivity contribution in [1.29, 1.82) is 0 Å². The van der Waals surface area contributed by atoms with Crippen LogP contribution in [0, 0.1) is 0 Å². The molecule has 0 saturated carbocycles. The number of hydrogen-bond acceptors (Lipinski definition) is 7. The van der Waals surface area contributed by atoms with E-state index in [1.54, 1.807) is 30.5 Å². The lowest BCUT2D eigenvalue weighted by Crippen LogP contribution is -2.34. The summed E-state index contributed by atoms with van der Waals surface area (Å²) in [4.78, 5) is 16.8. The first-order valence-electron chi connectivity index (χ1n) is 8.60. The second-order valence-corrected chi connectivity index (χ2v) is 9.37. The molecule has 2 aromatic heterocycles. The largest absolute Gasteiger partial charge is 0.462 e. The summed E-state index contributed by atoms with van der Waals surface area (Å²) in [6.07, 6.45) is 3.32. The van der Waals surface area contributed by atoms with Crippen LogP contribution in [0.2, 0.25) is 0 Å². The summed E-state index contributed by atoms with van der Waals surface area (Å²) in [7, 11) is -3.36. The molecule has 0 amide bonds. The summed E-state index contributed by atoms with van der Waals surface area (Å²) in [5.74, 6) is 0.201. The van der Waals surface area contributed by atoms with Crippen LogP contribution < -0.4 is 4.31 Å². The van der Waals surface area contributed by atoms with Crippen LogP contribution in [-0.2, 0) is 27.8 Å². The lowest BCUT2D eigenvalue weighted by Gasteiger charge is -2.21. The van der Waals surface area contributed by atoms with Gasteiger partial charge in [0, 0.05) is 11.4 Å². The van der Waals surface area contributed by atoms with E-state index in [9.17, 15) is 13.2 Å². The zero-order valence-electron chi connectivity index (χ0n) is 15.3. The number of rotatable bonds is 5. The number of anilines is 1. The van der Waals surface area contributed by atoms with Crippen molar-refractivity contribution in [3.63, 3.8) is 0 Å². The molecule has 1 aliphatic rings. The molecule has 28 heavy (non-hydrogen) atoms. The standard InChI is InChI=1S/C19H18N2O5S2/c1-12-8-14-9-13(5-6-16(14)21(12)28(2,23)24)19(22)26-10-15-11-27-18(20-15)17-4-3-7-25-17/h3-7,9,11-12H,8,10H2,1-2H3. The molecule has 1 atom stereocenters. The van der Waals surface area contributed by atoms with E-state index < -0.39 is 16.0 Å². The second kappa shape index (κ2) is 7.06. The monoisotopic (exact) mass is 418 g/mol. The topological polar surface area (TPSA) is 89.7 Å². The Morgan fingerprint density at radius 1 is 1.39 bits per heavy atom. The van der Waals surface area contributed by atoms with Crippen LogP contribution in [0.1, 0.15) is 28.5 Å². The highest BCUT2D eigenvalue weighted by Crippen LogP contribution is 2.35. The van der Waals surface area contributed by atoms with Crippen LogP contribution in [0.25, 0.3) is 10.8 Å². The number of nitrogens with zero attached hydrogens (tertiary/aromatic N) is 2. The first-order chi connectivity index (χ1) is 13.3. The van der Waals surface area contributed by atoms with Crippen LogP contribution >= 0.6 is 11.3 Å². The summed E-state index contributed by atoms with van der Waals surface area (Å²) in [6.45, 7) is 1.90. The molecule has 9 heteroatoms. The highest BCUT2D eigenvalue weighted by atomic mass is 32.2. The van der Waals surface area contributed by atoms with E-state index in [0.29, 0.717) is 29.1 Å². The normalized spacial score (nSPS) is 16.2. The third-order valence-electron chi connectivity index (χ3n) is 4.46. The molecule has 1 aromatic carbocycles.